The molecule has 0 spiro atoms. The number of hydrogen-bond acceptors (Lipinski definition) is 4. The van der Waals surface area contributed by atoms with Crippen LogP contribution in [-0.2, 0) is 14.3 Å². The minimum absolute atomic E-state index is 0.0687. The van der Waals surface area contributed by atoms with Crippen LogP contribution in [0.1, 0.15) is 19.4 Å². The van der Waals surface area contributed by atoms with E-state index in [4.69, 9.17) is 9.47 Å². The average Bonchev–Trinajstić information content (AvgIpc) is 2.49. The van der Waals surface area contributed by atoms with Crippen molar-refractivity contribution in [3.63, 3.8) is 0 Å². The van der Waals surface area contributed by atoms with Crippen molar-refractivity contribution in [1.82, 2.24) is 0 Å². The van der Waals surface area contributed by atoms with Gasteiger partial charge in [0.2, 0.25) is 5.76 Å². The number of Topliss-reactive ketones (excluding diaryl/α,β-unsaturated/α-hetero) is 1. The lowest BCUT2D eigenvalue weighted by Crippen LogP contribution is -2.51. The molecule has 0 aliphatic heterocycles. The summed E-state index contributed by atoms with van der Waals surface area (Å²) in [6.45, 7) is 4.19. The second kappa shape index (κ2) is 5.81. The maximum atomic E-state index is 12.0. The van der Waals surface area contributed by atoms with E-state index in [0.29, 0.717) is 13.2 Å². The molecule has 4 nitrogen and oxygen atoms in total. The first kappa shape index (κ1) is 14.2. The fraction of sp³-hybridized carbons (Fsp3) is 0.312. The highest BCUT2D eigenvalue weighted by molar-refractivity contribution is 6.12. The second-order valence-corrected chi connectivity index (χ2v) is 4.18. The van der Waals surface area contributed by atoms with Gasteiger partial charge in [0.05, 0.1) is 13.2 Å². The predicted molar refractivity (Wildman–Crippen MR) is 73.6 cm³/mol. The Bertz CT molecular complexity index is 592. The number of ether oxygens (including phenoxy) is 2. The molecule has 0 aromatic heterocycles. The highest BCUT2D eigenvalue weighted by Gasteiger charge is 2.56. The second-order valence-electron chi connectivity index (χ2n) is 4.18. The zero-order valence-corrected chi connectivity index (χ0v) is 11.5. The molecule has 4 heteroatoms. The van der Waals surface area contributed by atoms with Gasteiger partial charge in [-0.15, -0.1) is 0 Å². The number of rotatable bonds is 4. The van der Waals surface area contributed by atoms with Gasteiger partial charge in [-0.2, -0.15) is 0 Å². The molecule has 1 N–H and O–H groups in total. The highest BCUT2D eigenvalue weighted by atomic mass is 16.5. The van der Waals surface area contributed by atoms with Crippen LogP contribution in [0.15, 0.2) is 41.9 Å². The molecule has 1 aromatic rings. The molecule has 1 aromatic carbocycles. The largest absolute Gasteiger partial charge is 0.490 e. The number of hydrogen-bond donors (Lipinski definition) is 1. The van der Waals surface area contributed by atoms with E-state index in [1.54, 1.807) is 26.0 Å². The summed E-state index contributed by atoms with van der Waals surface area (Å²) in [4.78, 5) is 12.0. The van der Waals surface area contributed by atoms with E-state index in [1.807, 2.05) is 18.2 Å². The Morgan fingerprint density at radius 1 is 1.15 bits per heavy atom. The number of carbonyl (C=O) groups is 1. The van der Waals surface area contributed by atoms with Crippen LogP contribution in [0.5, 0.6) is 0 Å². The highest BCUT2D eigenvalue weighted by Crippen LogP contribution is 2.36. The maximum Gasteiger partial charge on any atom is 0.255 e. The van der Waals surface area contributed by atoms with Crippen molar-refractivity contribution in [2.24, 2.45) is 0 Å². The first-order chi connectivity index (χ1) is 9.63. The lowest BCUT2D eigenvalue weighted by molar-refractivity contribution is -0.140. The molecule has 0 saturated carbocycles. The first-order valence-electron chi connectivity index (χ1n) is 6.49. The van der Waals surface area contributed by atoms with Crippen LogP contribution < -0.4 is 0 Å². The maximum absolute atomic E-state index is 12.0. The van der Waals surface area contributed by atoms with Crippen LogP contribution in [0, 0.1) is 11.8 Å². The molecule has 0 radical (unpaired) electrons. The third-order valence-corrected chi connectivity index (χ3v) is 2.81. The molecule has 0 bridgehead atoms. The molecule has 0 amide bonds. The Balaban J connectivity index is 2.31. The zero-order chi connectivity index (χ0) is 14.6. The molecule has 104 valence electrons. The minimum Gasteiger partial charge on any atom is -0.490 e. The third-order valence-electron chi connectivity index (χ3n) is 2.81. The van der Waals surface area contributed by atoms with Crippen LogP contribution in [0.25, 0.3) is 0 Å². The standard InChI is InChI=1S/C16H16O4/c1-3-19-13-14(17)16(18,15(13)20-4-2)11-10-12-8-6-5-7-9-12/h5-9,18H,3-4H2,1-2H3. The fourth-order valence-electron chi connectivity index (χ4n) is 1.86. The molecule has 1 unspecified atom stereocenters. The lowest BCUT2D eigenvalue weighted by atomic mass is 9.83. The molecule has 1 aliphatic rings. The number of ketones is 1. The Morgan fingerprint density at radius 3 is 2.40 bits per heavy atom. The zero-order valence-electron chi connectivity index (χ0n) is 11.5. The Labute approximate surface area is 118 Å². The number of carbonyl (C=O) groups excluding carboxylic acids is 1. The molecule has 1 atom stereocenters. The van der Waals surface area contributed by atoms with E-state index >= 15 is 0 Å². The topological polar surface area (TPSA) is 55.8 Å². The molecule has 0 heterocycles. The van der Waals surface area contributed by atoms with Gasteiger partial charge < -0.3 is 14.6 Å². The van der Waals surface area contributed by atoms with Gasteiger partial charge in [0, 0.05) is 5.56 Å². The normalized spacial score (nSPS) is 20.9. The molecule has 1 aliphatic carbocycles. The smallest absolute Gasteiger partial charge is 0.255 e. The van der Waals surface area contributed by atoms with Crippen molar-refractivity contribution in [2.45, 2.75) is 19.4 Å². The summed E-state index contributed by atoms with van der Waals surface area (Å²) < 4.78 is 10.5. The van der Waals surface area contributed by atoms with E-state index in [2.05, 4.69) is 11.8 Å². The summed E-state index contributed by atoms with van der Waals surface area (Å²) in [5, 5.41) is 10.3. The lowest BCUT2D eigenvalue weighted by Gasteiger charge is -2.33. The Hall–Kier alpha value is -2.25. The van der Waals surface area contributed by atoms with Gasteiger partial charge in [0.1, 0.15) is 0 Å². The summed E-state index contributed by atoms with van der Waals surface area (Å²) in [5.74, 6) is 4.98. The summed E-state index contributed by atoms with van der Waals surface area (Å²) in [6, 6.07) is 9.14. The van der Waals surface area contributed by atoms with Gasteiger partial charge >= 0.3 is 0 Å². The van der Waals surface area contributed by atoms with E-state index in [0.717, 1.165) is 5.56 Å². The molecule has 0 saturated heterocycles. The predicted octanol–water partition coefficient (Wildman–Crippen LogP) is 1.64. The van der Waals surface area contributed by atoms with Crippen molar-refractivity contribution < 1.29 is 19.4 Å². The van der Waals surface area contributed by atoms with Crippen molar-refractivity contribution >= 4 is 5.78 Å². The van der Waals surface area contributed by atoms with Crippen LogP contribution >= 0.6 is 0 Å². The Morgan fingerprint density at radius 2 is 1.80 bits per heavy atom. The number of benzene rings is 1. The van der Waals surface area contributed by atoms with Gasteiger partial charge in [-0.3, -0.25) is 4.79 Å². The molecular formula is C16H16O4. The quantitative estimate of drug-likeness (QED) is 0.847. The molecular weight excluding hydrogens is 256 g/mol. The van der Waals surface area contributed by atoms with Gasteiger partial charge in [0.15, 0.2) is 5.76 Å². The van der Waals surface area contributed by atoms with Gasteiger partial charge in [-0.25, -0.2) is 0 Å². The van der Waals surface area contributed by atoms with E-state index in [-0.39, 0.29) is 11.5 Å². The van der Waals surface area contributed by atoms with E-state index in [9.17, 15) is 9.90 Å². The third kappa shape index (κ3) is 2.40. The summed E-state index contributed by atoms with van der Waals surface area (Å²) in [5.41, 5.74) is -1.18. The van der Waals surface area contributed by atoms with Crippen LogP contribution in [0.4, 0.5) is 0 Å². The summed E-state index contributed by atoms with van der Waals surface area (Å²) in [6.07, 6.45) is 0. The summed E-state index contributed by atoms with van der Waals surface area (Å²) in [7, 11) is 0. The summed E-state index contributed by atoms with van der Waals surface area (Å²) >= 11 is 0. The minimum atomic E-state index is -1.89. The van der Waals surface area contributed by atoms with Gasteiger partial charge in [0.25, 0.3) is 11.4 Å². The molecule has 20 heavy (non-hydrogen) atoms. The molecule has 2 rings (SSSR count). The van der Waals surface area contributed by atoms with Crippen LogP contribution in [0.3, 0.4) is 0 Å². The van der Waals surface area contributed by atoms with Crippen molar-refractivity contribution in [1.29, 1.82) is 0 Å². The Kier molecular flexibility index (Phi) is 4.11. The van der Waals surface area contributed by atoms with Gasteiger partial charge in [-0.05, 0) is 31.9 Å². The first-order valence-corrected chi connectivity index (χ1v) is 6.49. The van der Waals surface area contributed by atoms with E-state index in [1.165, 1.54) is 0 Å². The number of aliphatic hydroxyl groups is 1. The fourth-order valence-corrected chi connectivity index (χ4v) is 1.86. The monoisotopic (exact) mass is 272 g/mol. The SMILES string of the molecule is CCOC1=C(OCC)C(O)(C#Cc2ccccc2)C1=O. The van der Waals surface area contributed by atoms with Crippen molar-refractivity contribution in [3.8, 4) is 11.8 Å². The van der Waals surface area contributed by atoms with Crippen LogP contribution in [-0.4, -0.2) is 29.7 Å². The average molecular weight is 272 g/mol. The van der Waals surface area contributed by atoms with E-state index < -0.39 is 11.4 Å². The molecule has 0 fully saturated rings. The van der Waals surface area contributed by atoms with Crippen molar-refractivity contribution in [3.05, 3.63) is 47.4 Å². The van der Waals surface area contributed by atoms with Crippen molar-refractivity contribution in [2.75, 3.05) is 13.2 Å². The van der Waals surface area contributed by atoms with Crippen LogP contribution in [0.2, 0.25) is 0 Å². The van der Waals surface area contributed by atoms with Gasteiger partial charge in [-0.1, -0.05) is 24.1 Å².